The Balaban J connectivity index is 2.86. The summed E-state index contributed by atoms with van der Waals surface area (Å²) in [6.45, 7) is 2.12. The van der Waals surface area contributed by atoms with Crippen molar-refractivity contribution >= 4 is 0 Å². The van der Waals surface area contributed by atoms with Crippen LogP contribution in [0, 0.1) is 0 Å². The fraction of sp³-hybridized carbons (Fsp3) is 1.00. The number of aliphatic hydroxyl groups is 2. The van der Waals surface area contributed by atoms with Crippen molar-refractivity contribution in [2.75, 3.05) is 6.61 Å². The van der Waals surface area contributed by atoms with Crippen LogP contribution in [0.3, 0.4) is 0 Å². The van der Waals surface area contributed by atoms with E-state index in [1.54, 1.807) is 0 Å². The zero-order chi connectivity index (χ0) is 6.41. The van der Waals surface area contributed by atoms with Crippen molar-refractivity contribution < 1.29 is 10.2 Å². The summed E-state index contributed by atoms with van der Waals surface area (Å²) in [5.41, 5.74) is 0. The second-order valence-corrected chi connectivity index (χ2v) is 1.93. The van der Waals surface area contributed by atoms with E-state index >= 15 is 0 Å². The molecule has 2 nitrogen and oxygen atoms in total. The molecule has 0 amide bonds. The van der Waals surface area contributed by atoms with E-state index in [1.165, 1.54) is 0 Å². The van der Waals surface area contributed by atoms with E-state index in [1.807, 2.05) is 6.92 Å². The van der Waals surface area contributed by atoms with E-state index in [4.69, 9.17) is 10.2 Å². The van der Waals surface area contributed by atoms with Gasteiger partial charge in [0.05, 0.1) is 6.10 Å². The smallest absolute Gasteiger partial charge is 0.0538 e. The molecule has 0 spiro atoms. The summed E-state index contributed by atoms with van der Waals surface area (Å²) >= 11 is 0. The molecule has 0 aromatic rings. The lowest BCUT2D eigenvalue weighted by molar-refractivity contribution is 0.146. The Bertz CT molecular complexity index is 45.8. The molecule has 0 saturated carbocycles. The Kier molecular flexibility index (Phi) is 5.01. The van der Waals surface area contributed by atoms with Crippen LogP contribution in [0.1, 0.15) is 26.2 Å². The molecule has 0 saturated heterocycles. The van der Waals surface area contributed by atoms with Crippen molar-refractivity contribution in [1.82, 2.24) is 0 Å². The minimum Gasteiger partial charge on any atom is -0.396 e. The molecule has 0 aromatic carbocycles. The third-order valence-electron chi connectivity index (χ3n) is 1.17. The quantitative estimate of drug-likeness (QED) is 0.565. The van der Waals surface area contributed by atoms with Crippen molar-refractivity contribution in [1.29, 1.82) is 0 Å². The van der Waals surface area contributed by atoms with Crippen LogP contribution >= 0.6 is 0 Å². The van der Waals surface area contributed by atoms with Gasteiger partial charge in [-0.05, 0) is 19.3 Å². The van der Waals surface area contributed by atoms with Gasteiger partial charge >= 0.3 is 0 Å². The number of rotatable bonds is 4. The zero-order valence-electron chi connectivity index (χ0n) is 5.30. The van der Waals surface area contributed by atoms with E-state index in [9.17, 15) is 0 Å². The van der Waals surface area contributed by atoms with Gasteiger partial charge in [-0.1, -0.05) is 6.92 Å². The van der Waals surface area contributed by atoms with E-state index in [-0.39, 0.29) is 12.7 Å². The maximum Gasteiger partial charge on any atom is 0.0538 e. The van der Waals surface area contributed by atoms with E-state index in [2.05, 4.69) is 0 Å². The minimum absolute atomic E-state index is 0.192. The van der Waals surface area contributed by atoms with Crippen LogP contribution in [-0.2, 0) is 0 Å². The van der Waals surface area contributed by atoms with Gasteiger partial charge in [0, 0.05) is 6.61 Å². The highest BCUT2D eigenvalue weighted by molar-refractivity contribution is 4.50. The topological polar surface area (TPSA) is 40.5 Å². The molecule has 50 valence electrons. The summed E-state index contributed by atoms with van der Waals surface area (Å²) in [5, 5.41) is 17.2. The highest BCUT2D eigenvalue weighted by Crippen LogP contribution is 1.98. The molecule has 0 rings (SSSR count). The Morgan fingerprint density at radius 2 is 2.12 bits per heavy atom. The molecule has 0 heterocycles. The fourth-order valence-corrected chi connectivity index (χ4v) is 0.531. The number of hydrogen-bond donors (Lipinski definition) is 2. The SMILES string of the molecule is CC[C@@H](O)CCCO. The summed E-state index contributed by atoms with van der Waals surface area (Å²) < 4.78 is 0. The Morgan fingerprint density at radius 1 is 1.50 bits per heavy atom. The molecular weight excluding hydrogens is 104 g/mol. The highest BCUT2D eigenvalue weighted by atomic mass is 16.3. The summed E-state index contributed by atoms with van der Waals surface area (Å²) in [6.07, 6.45) is 2.03. The first-order valence-corrected chi connectivity index (χ1v) is 3.10. The van der Waals surface area contributed by atoms with Crippen molar-refractivity contribution in [3.63, 3.8) is 0 Å². The normalized spacial score (nSPS) is 13.9. The van der Waals surface area contributed by atoms with Gasteiger partial charge in [-0.15, -0.1) is 0 Å². The first kappa shape index (κ1) is 7.92. The van der Waals surface area contributed by atoms with Crippen LogP contribution in [0.5, 0.6) is 0 Å². The van der Waals surface area contributed by atoms with Crippen LogP contribution in [0.25, 0.3) is 0 Å². The van der Waals surface area contributed by atoms with Crippen LogP contribution in [0.2, 0.25) is 0 Å². The molecule has 0 aromatic heterocycles. The monoisotopic (exact) mass is 118 g/mol. The maximum absolute atomic E-state index is 8.88. The van der Waals surface area contributed by atoms with Gasteiger partial charge in [0.1, 0.15) is 0 Å². The molecular formula is C6H14O2. The lowest BCUT2D eigenvalue weighted by Crippen LogP contribution is -2.04. The summed E-state index contributed by atoms with van der Waals surface area (Å²) in [5.74, 6) is 0. The third-order valence-corrected chi connectivity index (χ3v) is 1.17. The molecule has 8 heavy (non-hydrogen) atoms. The second kappa shape index (κ2) is 5.06. The molecule has 0 bridgehead atoms. The van der Waals surface area contributed by atoms with Crippen LogP contribution < -0.4 is 0 Å². The second-order valence-electron chi connectivity index (χ2n) is 1.93. The number of aliphatic hydroxyl groups excluding tert-OH is 2. The largest absolute Gasteiger partial charge is 0.396 e. The lowest BCUT2D eigenvalue weighted by atomic mass is 10.2. The average molecular weight is 118 g/mol. The third kappa shape index (κ3) is 4.09. The predicted octanol–water partition coefficient (Wildman–Crippen LogP) is 0.530. The van der Waals surface area contributed by atoms with Gasteiger partial charge in [0.25, 0.3) is 0 Å². The van der Waals surface area contributed by atoms with Crippen LogP contribution in [-0.4, -0.2) is 22.9 Å². The molecule has 0 fully saturated rings. The summed E-state index contributed by atoms with van der Waals surface area (Å²) in [7, 11) is 0. The molecule has 0 aliphatic heterocycles. The summed E-state index contributed by atoms with van der Waals surface area (Å²) in [6, 6.07) is 0. The van der Waals surface area contributed by atoms with Crippen LogP contribution in [0.4, 0.5) is 0 Å². The molecule has 0 unspecified atom stereocenters. The number of hydrogen-bond acceptors (Lipinski definition) is 2. The zero-order valence-corrected chi connectivity index (χ0v) is 5.30. The maximum atomic E-state index is 8.88. The fourth-order valence-electron chi connectivity index (χ4n) is 0.531. The molecule has 0 aliphatic rings. The van der Waals surface area contributed by atoms with Gasteiger partial charge in [0.2, 0.25) is 0 Å². The average Bonchev–Trinajstić information content (AvgIpc) is 1.83. The highest BCUT2D eigenvalue weighted by Gasteiger charge is 1.96. The molecule has 1 atom stereocenters. The van der Waals surface area contributed by atoms with E-state index < -0.39 is 0 Å². The molecule has 2 heteroatoms. The Labute approximate surface area is 50.2 Å². The molecule has 0 aliphatic carbocycles. The molecule has 2 N–H and O–H groups in total. The van der Waals surface area contributed by atoms with E-state index in [0.29, 0.717) is 0 Å². The van der Waals surface area contributed by atoms with Gasteiger partial charge < -0.3 is 10.2 Å². The van der Waals surface area contributed by atoms with Crippen molar-refractivity contribution in [3.8, 4) is 0 Å². The first-order chi connectivity index (χ1) is 3.81. The van der Waals surface area contributed by atoms with Gasteiger partial charge in [0.15, 0.2) is 0 Å². The van der Waals surface area contributed by atoms with Crippen molar-refractivity contribution in [2.45, 2.75) is 32.3 Å². The van der Waals surface area contributed by atoms with Crippen molar-refractivity contribution in [2.24, 2.45) is 0 Å². The van der Waals surface area contributed by atoms with Crippen LogP contribution in [0.15, 0.2) is 0 Å². The summed E-state index contributed by atoms with van der Waals surface area (Å²) in [4.78, 5) is 0. The Hall–Kier alpha value is -0.0800. The standard InChI is InChI=1S/C6H14O2/c1-2-6(8)4-3-5-7/h6-8H,2-5H2,1H3/t6-/m1/s1. The molecule has 0 radical (unpaired) electrons. The lowest BCUT2D eigenvalue weighted by Gasteiger charge is -2.03. The van der Waals surface area contributed by atoms with Crippen molar-refractivity contribution in [3.05, 3.63) is 0 Å². The van der Waals surface area contributed by atoms with Gasteiger partial charge in [-0.3, -0.25) is 0 Å². The Morgan fingerprint density at radius 3 is 2.50 bits per heavy atom. The predicted molar refractivity (Wildman–Crippen MR) is 32.6 cm³/mol. The van der Waals surface area contributed by atoms with Gasteiger partial charge in [-0.2, -0.15) is 0 Å². The first-order valence-electron chi connectivity index (χ1n) is 3.10. The minimum atomic E-state index is -0.206. The van der Waals surface area contributed by atoms with E-state index in [0.717, 1.165) is 19.3 Å². The van der Waals surface area contributed by atoms with Gasteiger partial charge in [-0.25, -0.2) is 0 Å².